The van der Waals surface area contributed by atoms with Gasteiger partial charge in [0.1, 0.15) is 0 Å². The molecule has 0 unspecified atom stereocenters. The molecular formula is C16H21N3O. The molecule has 0 fully saturated rings. The third-order valence-electron chi connectivity index (χ3n) is 3.12. The van der Waals surface area contributed by atoms with E-state index in [1.165, 1.54) is 11.3 Å². The Bertz CT molecular complexity index is 520. The third-order valence-corrected chi connectivity index (χ3v) is 3.12. The summed E-state index contributed by atoms with van der Waals surface area (Å²) >= 11 is 0. The van der Waals surface area contributed by atoms with Gasteiger partial charge in [-0.05, 0) is 23.3 Å². The lowest BCUT2D eigenvalue weighted by molar-refractivity contribution is 0.397. The Hall–Kier alpha value is -2.07. The summed E-state index contributed by atoms with van der Waals surface area (Å²) in [5, 5.41) is 3.41. The highest BCUT2D eigenvalue weighted by atomic mass is 16.5. The normalized spacial score (nSPS) is 10.3. The summed E-state index contributed by atoms with van der Waals surface area (Å²) in [5.41, 5.74) is 3.64. The van der Waals surface area contributed by atoms with Crippen molar-refractivity contribution >= 4 is 5.69 Å². The van der Waals surface area contributed by atoms with Gasteiger partial charge in [0.2, 0.25) is 5.88 Å². The molecule has 20 heavy (non-hydrogen) atoms. The highest BCUT2D eigenvalue weighted by molar-refractivity contribution is 5.45. The van der Waals surface area contributed by atoms with Crippen LogP contribution in [0.2, 0.25) is 0 Å². The van der Waals surface area contributed by atoms with Crippen LogP contribution in [-0.4, -0.2) is 26.2 Å². The lowest BCUT2D eigenvalue weighted by atomic mass is 10.2. The van der Waals surface area contributed by atoms with Gasteiger partial charge in [0.15, 0.2) is 0 Å². The predicted molar refractivity (Wildman–Crippen MR) is 82.1 cm³/mol. The highest BCUT2D eigenvalue weighted by Gasteiger charge is 1.98. The zero-order chi connectivity index (χ0) is 14.4. The smallest absolute Gasteiger partial charge is 0.212 e. The molecule has 0 radical (unpaired) electrons. The van der Waals surface area contributed by atoms with Crippen LogP contribution in [-0.2, 0) is 13.1 Å². The van der Waals surface area contributed by atoms with Crippen LogP contribution in [0.15, 0.2) is 42.6 Å². The first kappa shape index (κ1) is 14.3. The first-order chi connectivity index (χ1) is 9.69. The summed E-state index contributed by atoms with van der Waals surface area (Å²) in [6.45, 7) is 1.65. The van der Waals surface area contributed by atoms with Crippen molar-refractivity contribution in [2.24, 2.45) is 0 Å². The minimum Gasteiger partial charge on any atom is -0.481 e. The van der Waals surface area contributed by atoms with Crippen LogP contribution in [0.3, 0.4) is 0 Å². The van der Waals surface area contributed by atoms with E-state index in [4.69, 9.17) is 4.74 Å². The average Bonchev–Trinajstić information content (AvgIpc) is 2.48. The molecule has 0 spiro atoms. The van der Waals surface area contributed by atoms with Crippen LogP contribution in [0.1, 0.15) is 11.1 Å². The number of pyridine rings is 1. The van der Waals surface area contributed by atoms with E-state index < -0.39 is 0 Å². The molecule has 0 aliphatic carbocycles. The maximum absolute atomic E-state index is 5.04. The molecule has 106 valence electrons. The third kappa shape index (κ3) is 3.96. The van der Waals surface area contributed by atoms with E-state index in [1.54, 1.807) is 7.11 Å². The quantitative estimate of drug-likeness (QED) is 0.875. The number of nitrogens with zero attached hydrogens (tertiary/aromatic N) is 2. The van der Waals surface area contributed by atoms with E-state index in [9.17, 15) is 0 Å². The van der Waals surface area contributed by atoms with Gasteiger partial charge >= 0.3 is 0 Å². The Kier molecular flexibility index (Phi) is 4.96. The second-order valence-electron chi connectivity index (χ2n) is 4.87. The fourth-order valence-corrected chi connectivity index (χ4v) is 1.90. The predicted octanol–water partition coefficient (Wildman–Crippen LogP) is 2.45. The molecule has 0 bridgehead atoms. The Balaban J connectivity index is 1.82. The van der Waals surface area contributed by atoms with Crippen molar-refractivity contribution in [3.05, 3.63) is 53.7 Å². The molecule has 0 saturated heterocycles. The fraction of sp³-hybridized carbons (Fsp3) is 0.312. The standard InChI is InChI=1S/C16H21N3O/c1-19(2)15-7-4-13(5-8-15)10-17-11-14-6-9-16(20-3)18-12-14/h4-9,12,17H,10-11H2,1-3H3. The molecule has 0 aliphatic rings. The second-order valence-corrected chi connectivity index (χ2v) is 4.87. The summed E-state index contributed by atoms with van der Waals surface area (Å²) in [5.74, 6) is 0.646. The number of benzene rings is 1. The number of methoxy groups -OCH3 is 1. The topological polar surface area (TPSA) is 37.4 Å². The average molecular weight is 271 g/mol. The second kappa shape index (κ2) is 6.91. The van der Waals surface area contributed by atoms with Crippen LogP contribution in [0, 0.1) is 0 Å². The SMILES string of the molecule is COc1ccc(CNCc2ccc(N(C)C)cc2)cn1. The number of hydrogen-bond acceptors (Lipinski definition) is 4. The van der Waals surface area contributed by atoms with Gasteiger partial charge in [-0.15, -0.1) is 0 Å². The number of anilines is 1. The molecule has 1 aromatic heterocycles. The highest BCUT2D eigenvalue weighted by Crippen LogP contribution is 2.12. The Labute approximate surface area is 120 Å². The monoisotopic (exact) mass is 271 g/mol. The minimum absolute atomic E-state index is 0.646. The zero-order valence-electron chi connectivity index (χ0n) is 12.3. The van der Waals surface area contributed by atoms with Crippen molar-refractivity contribution in [3.63, 3.8) is 0 Å². The minimum atomic E-state index is 0.646. The molecule has 2 aromatic rings. The largest absolute Gasteiger partial charge is 0.481 e. The van der Waals surface area contributed by atoms with Gasteiger partial charge in [-0.3, -0.25) is 0 Å². The maximum Gasteiger partial charge on any atom is 0.212 e. The summed E-state index contributed by atoms with van der Waals surface area (Å²) in [4.78, 5) is 6.28. The van der Waals surface area contributed by atoms with Gasteiger partial charge in [0.05, 0.1) is 7.11 Å². The van der Waals surface area contributed by atoms with E-state index in [0.29, 0.717) is 5.88 Å². The molecule has 0 aliphatic heterocycles. The van der Waals surface area contributed by atoms with E-state index in [0.717, 1.165) is 18.7 Å². The van der Waals surface area contributed by atoms with Crippen LogP contribution >= 0.6 is 0 Å². The number of ether oxygens (including phenoxy) is 1. The van der Waals surface area contributed by atoms with Crippen LogP contribution < -0.4 is 15.0 Å². The molecular weight excluding hydrogens is 250 g/mol. The van der Waals surface area contributed by atoms with Crippen molar-refractivity contribution in [3.8, 4) is 5.88 Å². The molecule has 2 rings (SSSR count). The van der Waals surface area contributed by atoms with Gasteiger partial charge in [-0.25, -0.2) is 4.98 Å². The molecule has 4 nitrogen and oxygen atoms in total. The number of hydrogen-bond donors (Lipinski definition) is 1. The van der Waals surface area contributed by atoms with Gasteiger partial charge in [0.25, 0.3) is 0 Å². The van der Waals surface area contributed by atoms with E-state index >= 15 is 0 Å². The first-order valence-electron chi connectivity index (χ1n) is 6.65. The maximum atomic E-state index is 5.04. The van der Waals surface area contributed by atoms with Crippen LogP contribution in [0.4, 0.5) is 5.69 Å². The molecule has 1 aromatic carbocycles. The molecule has 1 N–H and O–H groups in total. The van der Waals surface area contributed by atoms with Crippen molar-refractivity contribution in [1.82, 2.24) is 10.3 Å². The van der Waals surface area contributed by atoms with Gasteiger partial charge in [0, 0.05) is 45.1 Å². The van der Waals surface area contributed by atoms with E-state index in [2.05, 4.69) is 39.5 Å². The van der Waals surface area contributed by atoms with Crippen molar-refractivity contribution in [2.75, 3.05) is 26.1 Å². The van der Waals surface area contributed by atoms with Gasteiger partial charge in [-0.2, -0.15) is 0 Å². The summed E-state index contributed by atoms with van der Waals surface area (Å²) < 4.78 is 5.04. The van der Waals surface area contributed by atoms with Gasteiger partial charge < -0.3 is 15.0 Å². The number of nitrogens with one attached hydrogen (secondary N) is 1. The fourth-order valence-electron chi connectivity index (χ4n) is 1.90. The summed E-state index contributed by atoms with van der Waals surface area (Å²) in [6, 6.07) is 12.5. The number of aromatic nitrogens is 1. The van der Waals surface area contributed by atoms with Crippen LogP contribution in [0.5, 0.6) is 5.88 Å². The Morgan fingerprint density at radius 1 is 1.00 bits per heavy atom. The molecule has 1 heterocycles. The van der Waals surface area contributed by atoms with Gasteiger partial charge in [-0.1, -0.05) is 18.2 Å². The summed E-state index contributed by atoms with van der Waals surface area (Å²) in [7, 11) is 5.71. The molecule has 4 heteroatoms. The molecule has 0 amide bonds. The summed E-state index contributed by atoms with van der Waals surface area (Å²) in [6.07, 6.45) is 1.83. The molecule has 0 atom stereocenters. The van der Waals surface area contributed by atoms with Crippen molar-refractivity contribution in [1.29, 1.82) is 0 Å². The lowest BCUT2D eigenvalue weighted by Crippen LogP contribution is -2.13. The Morgan fingerprint density at radius 2 is 1.65 bits per heavy atom. The van der Waals surface area contributed by atoms with E-state index in [-0.39, 0.29) is 0 Å². The van der Waals surface area contributed by atoms with Crippen molar-refractivity contribution < 1.29 is 4.74 Å². The molecule has 0 saturated carbocycles. The Morgan fingerprint density at radius 3 is 2.20 bits per heavy atom. The van der Waals surface area contributed by atoms with Crippen LogP contribution in [0.25, 0.3) is 0 Å². The zero-order valence-corrected chi connectivity index (χ0v) is 12.3. The van der Waals surface area contributed by atoms with Crippen molar-refractivity contribution in [2.45, 2.75) is 13.1 Å². The first-order valence-corrected chi connectivity index (χ1v) is 6.65. The number of rotatable bonds is 6. The lowest BCUT2D eigenvalue weighted by Gasteiger charge is -2.13. The van der Waals surface area contributed by atoms with E-state index in [1.807, 2.05) is 32.4 Å².